The predicted octanol–water partition coefficient (Wildman–Crippen LogP) is 0.556. The van der Waals surface area contributed by atoms with Crippen LogP contribution in [0.25, 0.3) is 0 Å². The smallest absolute Gasteiger partial charge is 0.358 e. The highest BCUT2D eigenvalue weighted by Crippen LogP contribution is 2.20. The van der Waals surface area contributed by atoms with Crippen LogP contribution in [0.4, 0.5) is 0 Å². The minimum atomic E-state index is -1.19. The quantitative estimate of drug-likeness (QED) is 0.768. The van der Waals surface area contributed by atoms with E-state index in [0.29, 0.717) is 17.2 Å². The van der Waals surface area contributed by atoms with Crippen molar-refractivity contribution in [3.63, 3.8) is 0 Å². The van der Waals surface area contributed by atoms with E-state index in [1.54, 1.807) is 31.4 Å². The zero-order valence-electron chi connectivity index (χ0n) is 11.4. The summed E-state index contributed by atoms with van der Waals surface area (Å²) in [4.78, 5) is 11.1. The second-order valence-corrected chi connectivity index (χ2v) is 4.10. The number of benzene rings is 1. The molecule has 0 fully saturated rings. The number of aliphatic hydroxyl groups excluding tert-OH is 1. The van der Waals surface area contributed by atoms with Crippen LogP contribution in [0.1, 0.15) is 16.2 Å². The van der Waals surface area contributed by atoms with E-state index in [1.807, 2.05) is 0 Å². The molecule has 21 heavy (non-hydrogen) atoms. The minimum Gasteiger partial charge on any atom is -0.497 e. The van der Waals surface area contributed by atoms with E-state index in [2.05, 4.69) is 10.3 Å². The first-order chi connectivity index (χ1) is 10.2. The summed E-state index contributed by atoms with van der Waals surface area (Å²) in [5, 5.41) is 25.3. The highest BCUT2D eigenvalue weighted by molar-refractivity contribution is 5.86. The maximum Gasteiger partial charge on any atom is 0.358 e. The summed E-state index contributed by atoms with van der Waals surface area (Å²) in [7, 11) is 1.54. The van der Waals surface area contributed by atoms with Gasteiger partial charge in [0.25, 0.3) is 0 Å². The number of rotatable bonds is 7. The Hall–Kier alpha value is -2.61. The molecular formula is C13H15N3O5. The van der Waals surface area contributed by atoms with E-state index in [9.17, 15) is 4.79 Å². The van der Waals surface area contributed by atoms with Gasteiger partial charge in [0.15, 0.2) is 5.69 Å². The Morgan fingerprint density at radius 3 is 2.81 bits per heavy atom. The molecule has 0 bridgehead atoms. The number of carbonyl (C=O) groups is 1. The number of aromatic carboxylic acids is 1. The molecule has 0 aliphatic rings. The number of hydrogen-bond acceptors (Lipinski definition) is 6. The van der Waals surface area contributed by atoms with Gasteiger partial charge in [0.1, 0.15) is 23.8 Å². The lowest BCUT2D eigenvalue weighted by atomic mass is 10.3. The van der Waals surface area contributed by atoms with E-state index in [-0.39, 0.29) is 25.5 Å². The van der Waals surface area contributed by atoms with Crippen LogP contribution >= 0.6 is 0 Å². The van der Waals surface area contributed by atoms with Crippen molar-refractivity contribution in [1.82, 2.24) is 15.0 Å². The monoisotopic (exact) mass is 293 g/mol. The third-order valence-corrected chi connectivity index (χ3v) is 2.77. The highest BCUT2D eigenvalue weighted by Gasteiger charge is 2.19. The van der Waals surface area contributed by atoms with Gasteiger partial charge in [-0.1, -0.05) is 11.3 Å². The molecule has 2 aromatic rings. The number of carboxylic acids is 1. The molecule has 0 spiro atoms. The summed E-state index contributed by atoms with van der Waals surface area (Å²) < 4.78 is 11.9. The van der Waals surface area contributed by atoms with Crippen molar-refractivity contribution in [2.75, 3.05) is 13.7 Å². The summed E-state index contributed by atoms with van der Waals surface area (Å²) in [6.45, 7) is -0.0482. The van der Waals surface area contributed by atoms with Crippen molar-refractivity contribution in [2.45, 2.75) is 13.2 Å². The van der Waals surface area contributed by atoms with Gasteiger partial charge in [0, 0.05) is 6.07 Å². The van der Waals surface area contributed by atoms with Crippen molar-refractivity contribution in [2.24, 2.45) is 0 Å². The Kier molecular flexibility index (Phi) is 4.72. The summed E-state index contributed by atoms with van der Waals surface area (Å²) in [5.74, 6) is -0.0289. The Morgan fingerprint density at radius 2 is 2.14 bits per heavy atom. The molecule has 1 aromatic carbocycles. The SMILES string of the molecule is COc1cccc(OCc2c(C(=O)O)nnn2CCO)c1. The van der Waals surface area contributed by atoms with Crippen molar-refractivity contribution in [3.05, 3.63) is 35.7 Å². The lowest BCUT2D eigenvalue weighted by Crippen LogP contribution is -2.13. The molecule has 8 nitrogen and oxygen atoms in total. The molecule has 0 aliphatic carbocycles. The van der Waals surface area contributed by atoms with Gasteiger partial charge in [-0.05, 0) is 12.1 Å². The number of aliphatic hydroxyl groups is 1. The summed E-state index contributed by atoms with van der Waals surface area (Å²) >= 11 is 0. The number of hydrogen-bond donors (Lipinski definition) is 2. The predicted molar refractivity (Wildman–Crippen MR) is 71.4 cm³/mol. The van der Waals surface area contributed by atoms with E-state index < -0.39 is 5.97 Å². The molecule has 2 N–H and O–H groups in total. The molecule has 0 aliphatic heterocycles. The number of ether oxygens (including phenoxy) is 2. The van der Waals surface area contributed by atoms with Crippen molar-refractivity contribution in [3.8, 4) is 11.5 Å². The van der Waals surface area contributed by atoms with Gasteiger partial charge in [0.05, 0.1) is 20.3 Å². The van der Waals surface area contributed by atoms with Crippen LogP contribution in [-0.2, 0) is 13.2 Å². The number of aromatic nitrogens is 3. The lowest BCUT2D eigenvalue weighted by Gasteiger charge is -2.09. The molecule has 0 saturated carbocycles. The van der Waals surface area contributed by atoms with Crippen LogP contribution in [-0.4, -0.2) is 44.9 Å². The van der Waals surface area contributed by atoms with Gasteiger partial charge in [-0.25, -0.2) is 9.48 Å². The molecule has 0 unspecified atom stereocenters. The standard InChI is InChI=1S/C13H15N3O5/c1-20-9-3-2-4-10(7-9)21-8-11-12(13(18)19)14-15-16(11)5-6-17/h2-4,7,17H,5-6,8H2,1H3,(H,18,19). The molecule has 8 heteroatoms. The zero-order chi connectivity index (χ0) is 15.2. The molecule has 0 radical (unpaired) electrons. The fourth-order valence-corrected chi connectivity index (χ4v) is 1.76. The largest absolute Gasteiger partial charge is 0.497 e. The Morgan fingerprint density at radius 1 is 1.38 bits per heavy atom. The normalized spacial score (nSPS) is 10.4. The molecule has 1 aromatic heterocycles. The Balaban J connectivity index is 2.17. The number of nitrogens with zero attached hydrogens (tertiary/aromatic N) is 3. The molecule has 0 saturated heterocycles. The van der Waals surface area contributed by atoms with E-state index in [4.69, 9.17) is 19.7 Å². The van der Waals surface area contributed by atoms with Crippen LogP contribution in [0, 0.1) is 0 Å². The molecular weight excluding hydrogens is 278 g/mol. The van der Waals surface area contributed by atoms with Gasteiger partial charge < -0.3 is 19.7 Å². The maximum absolute atomic E-state index is 11.1. The molecule has 0 amide bonds. The van der Waals surface area contributed by atoms with Crippen LogP contribution in [0.5, 0.6) is 11.5 Å². The van der Waals surface area contributed by atoms with Crippen LogP contribution in [0.15, 0.2) is 24.3 Å². The molecule has 0 atom stereocenters. The Labute approximate surface area is 120 Å². The summed E-state index contributed by atoms with van der Waals surface area (Å²) in [5.41, 5.74) is 0.103. The average molecular weight is 293 g/mol. The highest BCUT2D eigenvalue weighted by atomic mass is 16.5. The first-order valence-electron chi connectivity index (χ1n) is 6.19. The number of methoxy groups -OCH3 is 1. The summed E-state index contributed by atoms with van der Waals surface area (Å²) in [6.07, 6.45) is 0. The van der Waals surface area contributed by atoms with Crippen LogP contribution in [0.2, 0.25) is 0 Å². The van der Waals surface area contributed by atoms with Crippen LogP contribution in [0.3, 0.4) is 0 Å². The van der Waals surface area contributed by atoms with E-state index in [1.165, 1.54) is 4.68 Å². The van der Waals surface area contributed by atoms with Gasteiger partial charge >= 0.3 is 5.97 Å². The lowest BCUT2D eigenvalue weighted by molar-refractivity contribution is 0.0687. The van der Waals surface area contributed by atoms with Crippen molar-refractivity contribution < 1.29 is 24.5 Å². The van der Waals surface area contributed by atoms with Gasteiger partial charge in [-0.2, -0.15) is 0 Å². The molecule has 1 heterocycles. The molecule has 2 rings (SSSR count). The second-order valence-electron chi connectivity index (χ2n) is 4.10. The fourth-order valence-electron chi connectivity index (χ4n) is 1.76. The topological polar surface area (TPSA) is 107 Å². The minimum absolute atomic E-state index is 0.0260. The Bertz CT molecular complexity index is 626. The van der Waals surface area contributed by atoms with Crippen LogP contribution < -0.4 is 9.47 Å². The second kappa shape index (κ2) is 6.71. The van der Waals surface area contributed by atoms with Gasteiger partial charge in [-0.15, -0.1) is 5.10 Å². The van der Waals surface area contributed by atoms with Crippen molar-refractivity contribution in [1.29, 1.82) is 0 Å². The number of carboxylic acid groups (broad SMARTS) is 1. The summed E-state index contributed by atoms with van der Waals surface area (Å²) in [6, 6.07) is 6.94. The average Bonchev–Trinajstić information content (AvgIpc) is 2.89. The van der Waals surface area contributed by atoms with Gasteiger partial charge in [-0.3, -0.25) is 0 Å². The zero-order valence-corrected chi connectivity index (χ0v) is 11.4. The maximum atomic E-state index is 11.1. The van der Waals surface area contributed by atoms with E-state index >= 15 is 0 Å². The fraction of sp³-hybridized carbons (Fsp3) is 0.308. The van der Waals surface area contributed by atoms with E-state index in [0.717, 1.165) is 0 Å². The van der Waals surface area contributed by atoms with Gasteiger partial charge in [0.2, 0.25) is 0 Å². The first kappa shape index (κ1) is 14.8. The molecule has 112 valence electrons. The van der Waals surface area contributed by atoms with Crippen molar-refractivity contribution >= 4 is 5.97 Å². The first-order valence-corrected chi connectivity index (χ1v) is 6.19. The third kappa shape index (κ3) is 3.48. The third-order valence-electron chi connectivity index (χ3n) is 2.77.